The number of hydrogen-bond donors (Lipinski definition) is 3. The maximum atomic E-state index is 11.6. The van der Waals surface area contributed by atoms with Gasteiger partial charge in [0.25, 0.3) is 0 Å². The normalized spacial score (nSPS) is 11.5. The lowest BCUT2D eigenvalue weighted by atomic mass is 10.1. The summed E-state index contributed by atoms with van der Waals surface area (Å²) in [5.41, 5.74) is 0. The zero-order valence-electron chi connectivity index (χ0n) is 11.5. The average molecular weight is 299 g/mol. The average Bonchev–Trinajstić information content (AvgIpc) is 2.95. The van der Waals surface area contributed by atoms with Crippen LogP contribution in [-0.2, 0) is 20.9 Å². The largest absolute Gasteiger partial charge is 0.480 e. The van der Waals surface area contributed by atoms with Gasteiger partial charge in [-0.3, -0.25) is 9.48 Å². The van der Waals surface area contributed by atoms with Gasteiger partial charge in [0.05, 0.1) is 19.9 Å². The van der Waals surface area contributed by atoms with Crippen LogP contribution in [-0.4, -0.2) is 57.8 Å². The molecule has 1 rings (SSSR count). The summed E-state index contributed by atoms with van der Waals surface area (Å²) in [7, 11) is 1.21. The molecule has 0 aliphatic heterocycles. The Kier molecular flexibility index (Phi) is 6.65. The highest BCUT2D eigenvalue weighted by Gasteiger charge is 2.20. The first kappa shape index (κ1) is 16.4. The van der Waals surface area contributed by atoms with Crippen LogP contribution in [0.2, 0.25) is 0 Å². The van der Waals surface area contributed by atoms with E-state index in [9.17, 15) is 14.4 Å². The first-order chi connectivity index (χ1) is 10.0. The van der Waals surface area contributed by atoms with Crippen LogP contribution >= 0.6 is 0 Å². The van der Waals surface area contributed by atoms with Gasteiger partial charge in [0.2, 0.25) is 0 Å². The Hall–Kier alpha value is -2.65. The second-order valence-corrected chi connectivity index (χ2v) is 4.07. The van der Waals surface area contributed by atoms with Gasteiger partial charge in [-0.2, -0.15) is 0 Å². The standard InChI is InChI=1S/C11H17N5O5/c1-21-9(17)3-2-8(10(18)19)14-11(20)12-4-6-16-7-5-13-15-16/h5,7-8H,2-4,6H2,1H3,(H,18,19)(H2,12,14,20)/t8-/m0/s1. The van der Waals surface area contributed by atoms with E-state index < -0.39 is 24.0 Å². The molecule has 3 N–H and O–H groups in total. The Labute approximate surface area is 120 Å². The van der Waals surface area contributed by atoms with Crippen LogP contribution in [0.1, 0.15) is 12.8 Å². The third-order valence-corrected chi connectivity index (χ3v) is 2.57. The molecule has 0 aromatic carbocycles. The van der Waals surface area contributed by atoms with Crippen molar-refractivity contribution in [2.45, 2.75) is 25.4 Å². The number of carboxylic acids is 1. The topological polar surface area (TPSA) is 135 Å². The monoisotopic (exact) mass is 299 g/mol. The summed E-state index contributed by atoms with van der Waals surface area (Å²) in [5.74, 6) is -1.75. The molecular formula is C11H17N5O5. The van der Waals surface area contributed by atoms with Crippen molar-refractivity contribution in [3.63, 3.8) is 0 Å². The van der Waals surface area contributed by atoms with E-state index in [1.165, 1.54) is 18.0 Å². The van der Waals surface area contributed by atoms with Crippen LogP contribution in [0.4, 0.5) is 4.79 Å². The van der Waals surface area contributed by atoms with Crippen LogP contribution in [0.5, 0.6) is 0 Å². The predicted molar refractivity (Wildman–Crippen MR) is 69.2 cm³/mol. The minimum atomic E-state index is -1.22. The summed E-state index contributed by atoms with van der Waals surface area (Å²) in [6.45, 7) is 0.672. The van der Waals surface area contributed by atoms with E-state index in [4.69, 9.17) is 5.11 Å². The van der Waals surface area contributed by atoms with Gasteiger partial charge >= 0.3 is 18.0 Å². The van der Waals surface area contributed by atoms with Crippen molar-refractivity contribution in [2.75, 3.05) is 13.7 Å². The maximum absolute atomic E-state index is 11.6. The minimum Gasteiger partial charge on any atom is -0.480 e. The van der Waals surface area contributed by atoms with Gasteiger partial charge in [0.1, 0.15) is 6.04 Å². The molecule has 0 unspecified atom stereocenters. The second-order valence-electron chi connectivity index (χ2n) is 4.07. The van der Waals surface area contributed by atoms with Crippen LogP contribution in [0, 0.1) is 0 Å². The fourth-order valence-corrected chi connectivity index (χ4v) is 1.47. The molecule has 0 saturated carbocycles. The van der Waals surface area contributed by atoms with E-state index in [2.05, 4.69) is 25.7 Å². The van der Waals surface area contributed by atoms with Gasteiger partial charge in [-0.15, -0.1) is 5.10 Å². The Morgan fingerprint density at radius 3 is 2.76 bits per heavy atom. The van der Waals surface area contributed by atoms with Gasteiger partial charge < -0.3 is 20.5 Å². The van der Waals surface area contributed by atoms with E-state index in [0.29, 0.717) is 6.54 Å². The summed E-state index contributed by atoms with van der Waals surface area (Å²) in [6.07, 6.45) is 3.01. The zero-order valence-corrected chi connectivity index (χ0v) is 11.5. The molecule has 1 atom stereocenters. The molecule has 10 nitrogen and oxygen atoms in total. The number of ether oxygens (including phenoxy) is 1. The number of nitrogens with zero attached hydrogens (tertiary/aromatic N) is 3. The number of rotatable bonds is 8. The Morgan fingerprint density at radius 2 is 2.19 bits per heavy atom. The summed E-state index contributed by atoms with van der Waals surface area (Å²) >= 11 is 0. The molecule has 1 aromatic rings. The number of carboxylic acid groups (broad SMARTS) is 1. The van der Waals surface area contributed by atoms with Gasteiger partial charge in [-0.05, 0) is 6.42 Å². The number of carbonyl (C=O) groups is 3. The van der Waals surface area contributed by atoms with Crippen molar-refractivity contribution in [3.05, 3.63) is 12.4 Å². The van der Waals surface area contributed by atoms with E-state index in [1.807, 2.05) is 0 Å². The molecule has 0 saturated heterocycles. The second kappa shape index (κ2) is 8.51. The number of amides is 2. The molecule has 1 aromatic heterocycles. The minimum absolute atomic E-state index is 0.0432. The number of methoxy groups -OCH3 is 1. The molecule has 0 bridgehead atoms. The fraction of sp³-hybridized carbons (Fsp3) is 0.545. The first-order valence-electron chi connectivity index (χ1n) is 6.21. The summed E-state index contributed by atoms with van der Waals surface area (Å²) in [5, 5.41) is 21.0. The number of hydrogen-bond acceptors (Lipinski definition) is 6. The predicted octanol–water partition coefficient (Wildman–Crippen LogP) is -1.02. The van der Waals surface area contributed by atoms with E-state index in [-0.39, 0.29) is 19.4 Å². The summed E-state index contributed by atoms with van der Waals surface area (Å²) < 4.78 is 5.94. The van der Waals surface area contributed by atoms with Crippen LogP contribution in [0.3, 0.4) is 0 Å². The third kappa shape index (κ3) is 6.36. The summed E-state index contributed by atoms with van der Waals surface area (Å²) in [6, 6.07) is -1.79. The van der Waals surface area contributed by atoms with Crippen molar-refractivity contribution in [3.8, 4) is 0 Å². The molecule has 116 valence electrons. The Bertz CT molecular complexity index is 475. The number of aromatic nitrogens is 3. The highest BCUT2D eigenvalue weighted by atomic mass is 16.5. The first-order valence-corrected chi connectivity index (χ1v) is 6.21. The van der Waals surface area contributed by atoms with Crippen LogP contribution in [0.25, 0.3) is 0 Å². The molecular weight excluding hydrogens is 282 g/mol. The molecule has 0 aliphatic carbocycles. The number of esters is 1. The van der Waals surface area contributed by atoms with Crippen LogP contribution < -0.4 is 10.6 Å². The molecule has 21 heavy (non-hydrogen) atoms. The molecule has 10 heteroatoms. The van der Waals surface area contributed by atoms with Crippen molar-refractivity contribution in [1.29, 1.82) is 0 Å². The SMILES string of the molecule is COC(=O)CC[C@H](NC(=O)NCCn1ccnn1)C(=O)O. The van der Waals surface area contributed by atoms with Crippen LogP contribution in [0.15, 0.2) is 12.4 Å². The van der Waals surface area contributed by atoms with Gasteiger partial charge in [-0.1, -0.05) is 5.21 Å². The van der Waals surface area contributed by atoms with Gasteiger partial charge in [0.15, 0.2) is 0 Å². The number of carbonyl (C=O) groups excluding carboxylic acids is 2. The Morgan fingerprint density at radius 1 is 1.43 bits per heavy atom. The molecule has 2 amide bonds. The van der Waals surface area contributed by atoms with Crippen molar-refractivity contribution >= 4 is 18.0 Å². The van der Waals surface area contributed by atoms with E-state index >= 15 is 0 Å². The van der Waals surface area contributed by atoms with Gasteiger partial charge in [-0.25, -0.2) is 9.59 Å². The van der Waals surface area contributed by atoms with E-state index in [0.717, 1.165) is 0 Å². The van der Waals surface area contributed by atoms with Crippen molar-refractivity contribution in [2.24, 2.45) is 0 Å². The number of nitrogens with one attached hydrogen (secondary N) is 2. The molecule has 0 fully saturated rings. The maximum Gasteiger partial charge on any atom is 0.326 e. The molecule has 0 spiro atoms. The molecule has 1 heterocycles. The van der Waals surface area contributed by atoms with Gasteiger partial charge in [0, 0.05) is 19.2 Å². The highest BCUT2D eigenvalue weighted by Crippen LogP contribution is 1.99. The molecule has 0 radical (unpaired) electrons. The quantitative estimate of drug-likeness (QED) is 0.523. The third-order valence-electron chi connectivity index (χ3n) is 2.57. The Balaban J connectivity index is 2.31. The summed E-state index contributed by atoms with van der Waals surface area (Å²) in [4.78, 5) is 33.5. The van der Waals surface area contributed by atoms with E-state index in [1.54, 1.807) is 6.20 Å². The lowest BCUT2D eigenvalue weighted by Crippen LogP contribution is -2.46. The number of urea groups is 1. The smallest absolute Gasteiger partial charge is 0.326 e. The number of aliphatic carboxylic acids is 1. The lowest BCUT2D eigenvalue weighted by molar-refractivity contribution is -0.142. The lowest BCUT2D eigenvalue weighted by Gasteiger charge is -2.14. The zero-order chi connectivity index (χ0) is 15.7. The van der Waals surface area contributed by atoms with Crippen molar-refractivity contribution in [1.82, 2.24) is 25.6 Å². The fourth-order valence-electron chi connectivity index (χ4n) is 1.47. The molecule has 0 aliphatic rings. The van der Waals surface area contributed by atoms with Crippen molar-refractivity contribution < 1.29 is 24.2 Å². The highest BCUT2D eigenvalue weighted by molar-refractivity contribution is 5.83.